The van der Waals surface area contributed by atoms with Crippen molar-refractivity contribution in [2.24, 2.45) is 5.92 Å². The number of hydrogen-bond donors (Lipinski definition) is 2. The third-order valence-corrected chi connectivity index (χ3v) is 4.97. The number of benzene rings is 1. The van der Waals surface area contributed by atoms with E-state index in [9.17, 15) is 14.4 Å². The molecule has 0 saturated heterocycles. The summed E-state index contributed by atoms with van der Waals surface area (Å²) in [6.45, 7) is 4.74. The van der Waals surface area contributed by atoms with Crippen molar-refractivity contribution in [1.82, 2.24) is 9.55 Å². The summed E-state index contributed by atoms with van der Waals surface area (Å²) in [5.74, 6) is 1.06. The molecule has 0 radical (unpaired) electrons. The molecule has 2 aromatic heterocycles. The molecule has 6 nitrogen and oxygen atoms in total. The molecule has 0 spiro atoms. The van der Waals surface area contributed by atoms with Crippen LogP contribution in [0.5, 0.6) is 0 Å². The van der Waals surface area contributed by atoms with Crippen LogP contribution in [0.1, 0.15) is 13.8 Å². The molecule has 2 heterocycles. The number of aromatic nitrogens is 2. The van der Waals surface area contributed by atoms with E-state index in [1.165, 1.54) is 12.1 Å². The molecule has 0 aliphatic rings. The molecular weight excluding hydrogens is 374 g/mol. The lowest BCUT2D eigenvalue weighted by Gasteiger charge is -2.11. The lowest BCUT2D eigenvalue weighted by atomic mass is 10.2. The first-order chi connectivity index (χ1) is 11.2. The molecule has 0 aliphatic heterocycles. The number of imidazole rings is 1. The number of hydrogen-bond acceptors (Lipinski definition) is 3. The third kappa shape index (κ3) is 3.25. The molecule has 24 heavy (non-hydrogen) atoms. The first kappa shape index (κ1) is 17.5. The summed E-state index contributed by atoms with van der Waals surface area (Å²) >= 11 is 12.2. The molecule has 128 valence electrons. The highest BCUT2D eigenvalue weighted by molar-refractivity contribution is 7.59. The van der Waals surface area contributed by atoms with Crippen LogP contribution in [-0.4, -0.2) is 19.3 Å². The zero-order valence-electron chi connectivity index (χ0n) is 12.9. The minimum atomic E-state index is -4.46. The maximum atomic E-state index is 11.3. The summed E-state index contributed by atoms with van der Waals surface area (Å²) in [6.07, 6.45) is 0. The van der Waals surface area contributed by atoms with Gasteiger partial charge in [-0.2, -0.15) is 0 Å². The zero-order chi connectivity index (χ0) is 17.6. The Bertz CT molecular complexity index is 958. The number of halogens is 2. The Morgan fingerprint density at radius 2 is 1.92 bits per heavy atom. The summed E-state index contributed by atoms with van der Waals surface area (Å²) in [7, 11) is -4.46. The largest absolute Gasteiger partial charge is 0.445 e. The molecule has 0 aliphatic carbocycles. The second-order valence-electron chi connectivity index (χ2n) is 5.88. The Balaban J connectivity index is 2.22. The zero-order valence-corrected chi connectivity index (χ0v) is 15.3. The van der Waals surface area contributed by atoms with Gasteiger partial charge in [0.2, 0.25) is 5.50 Å². The molecule has 0 atom stereocenters. The fourth-order valence-electron chi connectivity index (χ4n) is 2.46. The molecular formula is C15H15Cl2N2O4P. The van der Waals surface area contributed by atoms with Gasteiger partial charge >= 0.3 is 7.60 Å². The van der Waals surface area contributed by atoms with Gasteiger partial charge in [-0.3, -0.25) is 4.57 Å². The number of furan rings is 1. The highest BCUT2D eigenvalue weighted by atomic mass is 35.5. The molecule has 2 N–H and O–H groups in total. The van der Waals surface area contributed by atoms with Crippen LogP contribution in [0.15, 0.2) is 28.7 Å². The van der Waals surface area contributed by atoms with E-state index >= 15 is 0 Å². The van der Waals surface area contributed by atoms with Gasteiger partial charge in [0, 0.05) is 6.54 Å². The minimum absolute atomic E-state index is 0.275. The van der Waals surface area contributed by atoms with Gasteiger partial charge in [-0.05, 0) is 30.2 Å². The predicted octanol–water partition coefficient (Wildman–Crippen LogP) is 4.06. The normalized spacial score (nSPS) is 12.5. The predicted molar refractivity (Wildman–Crippen MR) is 94.0 cm³/mol. The number of fused-ring (bicyclic) bond motifs is 1. The van der Waals surface area contributed by atoms with Crippen molar-refractivity contribution >= 4 is 47.3 Å². The number of nitrogens with zero attached hydrogens (tertiary/aromatic N) is 2. The van der Waals surface area contributed by atoms with E-state index in [1.54, 1.807) is 12.1 Å². The van der Waals surface area contributed by atoms with Crippen LogP contribution in [0.2, 0.25) is 10.0 Å². The quantitative estimate of drug-likeness (QED) is 0.657. The van der Waals surface area contributed by atoms with Gasteiger partial charge in [-0.25, -0.2) is 4.98 Å². The minimum Gasteiger partial charge on any atom is -0.445 e. The second-order valence-corrected chi connectivity index (χ2v) is 8.22. The van der Waals surface area contributed by atoms with E-state index < -0.39 is 13.1 Å². The van der Waals surface area contributed by atoms with Crippen LogP contribution in [-0.2, 0) is 11.1 Å². The van der Waals surface area contributed by atoms with Crippen molar-refractivity contribution in [1.29, 1.82) is 0 Å². The summed E-state index contributed by atoms with van der Waals surface area (Å²) < 4.78 is 18.6. The average Bonchev–Trinajstić information content (AvgIpc) is 3.05. The van der Waals surface area contributed by atoms with E-state index in [0.29, 0.717) is 33.8 Å². The molecule has 3 rings (SSSR count). The maximum absolute atomic E-state index is 11.3. The third-order valence-electron chi connectivity index (χ3n) is 3.44. The first-order valence-electron chi connectivity index (χ1n) is 7.18. The standard InChI is InChI=1S/C15H15Cl2N2O4P/c1-8(2)7-19-12-6-10(17)9(16)5-11(12)18-15(19)13-3-4-14(23-13)24(20,21)22/h3-6,8H,7H2,1-2H3,(H2,20,21,22). The Labute approximate surface area is 148 Å². The molecule has 0 bridgehead atoms. The summed E-state index contributed by atoms with van der Waals surface area (Å²) in [4.78, 5) is 23.0. The molecule has 3 aromatic rings. The number of rotatable bonds is 4. The van der Waals surface area contributed by atoms with Crippen LogP contribution in [0.25, 0.3) is 22.6 Å². The Kier molecular flexibility index (Phi) is 4.53. The summed E-state index contributed by atoms with van der Waals surface area (Å²) in [5.41, 5.74) is 1.02. The monoisotopic (exact) mass is 388 g/mol. The van der Waals surface area contributed by atoms with Crippen LogP contribution in [0, 0.1) is 5.92 Å². The van der Waals surface area contributed by atoms with Gasteiger partial charge in [-0.1, -0.05) is 37.0 Å². The highest BCUT2D eigenvalue weighted by Crippen LogP contribution is 2.37. The van der Waals surface area contributed by atoms with Gasteiger partial charge in [-0.15, -0.1) is 0 Å². The van der Waals surface area contributed by atoms with Crippen LogP contribution in [0.3, 0.4) is 0 Å². The van der Waals surface area contributed by atoms with E-state index in [4.69, 9.17) is 27.6 Å². The lowest BCUT2D eigenvalue weighted by Crippen LogP contribution is -2.06. The fraction of sp³-hybridized carbons (Fsp3) is 0.267. The SMILES string of the molecule is CC(C)Cn1c(-c2ccc(P(=O)(O)O)o2)nc2cc(Cl)c(Cl)cc21. The lowest BCUT2D eigenvalue weighted by molar-refractivity contribution is 0.377. The fourth-order valence-corrected chi connectivity index (χ4v) is 3.26. The smallest absolute Gasteiger partial charge is 0.391 e. The molecule has 9 heteroatoms. The van der Waals surface area contributed by atoms with Gasteiger partial charge in [0.05, 0.1) is 21.1 Å². The van der Waals surface area contributed by atoms with Crippen LogP contribution >= 0.6 is 30.8 Å². The van der Waals surface area contributed by atoms with Crippen LogP contribution < -0.4 is 5.50 Å². The molecule has 0 unspecified atom stereocenters. The maximum Gasteiger partial charge on any atom is 0.391 e. The first-order valence-corrected chi connectivity index (χ1v) is 9.55. The van der Waals surface area contributed by atoms with Crippen molar-refractivity contribution < 1.29 is 18.8 Å². The van der Waals surface area contributed by atoms with E-state index in [1.807, 2.05) is 4.57 Å². The Morgan fingerprint density at radius 1 is 1.25 bits per heavy atom. The topological polar surface area (TPSA) is 88.5 Å². The molecule has 0 saturated carbocycles. The molecule has 1 aromatic carbocycles. The molecule has 0 amide bonds. The Hall–Kier alpha value is -1.30. The van der Waals surface area contributed by atoms with Crippen molar-refractivity contribution in [3.05, 3.63) is 34.3 Å². The molecule has 0 fully saturated rings. The average molecular weight is 389 g/mol. The van der Waals surface area contributed by atoms with Gasteiger partial charge in [0.25, 0.3) is 0 Å². The van der Waals surface area contributed by atoms with Gasteiger partial charge < -0.3 is 18.8 Å². The second kappa shape index (κ2) is 6.21. The van der Waals surface area contributed by atoms with E-state index in [0.717, 1.165) is 5.52 Å². The van der Waals surface area contributed by atoms with Gasteiger partial charge in [0.1, 0.15) is 0 Å². The van der Waals surface area contributed by atoms with Gasteiger partial charge in [0.15, 0.2) is 11.6 Å². The summed E-state index contributed by atoms with van der Waals surface area (Å²) in [6, 6.07) is 6.14. The Morgan fingerprint density at radius 3 is 2.50 bits per heavy atom. The van der Waals surface area contributed by atoms with E-state index in [-0.39, 0.29) is 5.76 Å². The van der Waals surface area contributed by atoms with Crippen LogP contribution in [0.4, 0.5) is 0 Å². The van der Waals surface area contributed by atoms with Crippen molar-refractivity contribution in [2.75, 3.05) is 0 Å². The summed E-state index contributed by atoms with van der Waals surface area (Å²) in [5, 5.41) is 0.802. The van der Waals surface area contributed by atoms with Crippen molar-refractivity contribution in [3.8, 4) is 11.6 Å². The van der Waals surface area contributed by atoms with Crippen molar-refractivity contribution in [3.63, 3.8) is 0 Å². The van der Waals surface area contributed by atoms with Crippen molar-refractivity contribution in [2.45, 2.75) is 20.4 Å². The highest BCUT2D eigenvalue weighted by Gasteiger charge is 2.24. The van der Waals surface area contributed by atoms with E-state index in [2.05, 4.69) is 18.8 Å².